The van der Waals surface area contributed by atoms with Crippen LogP contribution < -0.4 is 0 Å². The van der Waals surface area contributed by atoms with Crippen molar-refractivity contribution in [1.82, 2.24) is 9.13 Å². The summed E-state index contributed by atoms with van der Waals surface area (Å²) in [6.07, 6.45) is 2.11. The van der Waals surface area contributed by atoms with Gasteiger partial charge in [0, 0.05) is 47.3 Å². The van der Waals surface area contributed by atoms with Gasteiger partial charge in [-0.25, -0.2) is 0 Å². The minimum Gasteiger partial charge on any atom is -0.348 e. The Morgan fingerprint density at radius 3 is 1.33 bits per heavy atom. The lowest BCUT2D eigenvalue weighted by Crippen LogP contribution is -1.93. The van der Waals surface area contributed by atoms with Crippen LogP contribution in [0, 0.1) is 0 Å². The third-order valence-electron chi connectivity index (χ3n) is 7.08. The van der Waals surface area contributed by atoms with Crippen LogP contribution in [0.4, 0.5) is 0 Å². The molecule has 2 heteroatoms. The first-order valence-electron chi connectivity index (χ1n) is 10.9. The summed E-state index contributed by atoms with van der Waals surface area (Å²) in [5, 5.41) is 10.7. The van der Waals surface area contributed by atoms with Gasteiger partial charge in [0.25, 0.3) is 0 Å². The smallest absolute Gasteiger partial charge is 0.0486 e. The molecule has 0 aliphatic carbocycles. The van der Waals surface area contributed by atoms with Crippen molar-refractivity contribution in [1.29, 1.82) is 0 Å². The molecule has 0 bridgehead atoms. The predicted molar refractivity (Wildman–Crippen MR) is 131 cm³/mol. The molecule has 0 saturated carbocycles. The molecule has 30 heavy (non-hydrogen) atoms. The molecule has 2 heterocycles. The summed E-state index contributed by atoms with van der Waals surface area (Å²) in [5.41, 5.74) is 5.40. The fraction of sp³-hybridized carbons (Fsp3) is 0.214. The van der Waals surface area contributed by atoms with E-state index in [0.717, 1.165) is 12.8 Å². The molecule has 0 radical (unpaired) electrons. The number of hydrogen-bond donors (Lipinski definition) is 0. The molecule has 0 unspecified atom stereocenters. The lowest BCUT2D eigenvalue weighted by Gasteiger charge is -2.10. The molecule has 0 aliphatic rings. The van der Waals surface area contributed by atoms with Crippen molar-refractivity contribution in [3.8, 4) is 0 Å². The van der Waals surface area contributed by atoms with E-state index < -0.39 is 0 Å². The van der Waals surface area contributed by atoms with E-state index in [4.69, 9.17) is 0 Å². The molecule has 2 aromatic heterocycles. The quantitative estimate of drug-likeness (QED) is 0.275. The summed E-state index contributed by atoms with van der Waals surface area (Å²) in [5.74, 6) is 0. The van der Waals surface area contributed by atoms with Gasteiger partial charge in [-0.05, 0) is 81.6 Å². The monoisotopic (exact) mass is 390 g/mol. The molecular weight excluding hydrogens is 364 g/mol. The van der Waals surface area contributed by atoms with Crippen LogP contribution in [0.15, 0.2) is 60.7 Å². The number of aryl methyl sites for hydroxylation is 4. The van der Waals surface area contributed by atoms with E-state index in [1.54, 1.807) is 0 Å². The summed E-state index contributed by atoms with van der Waals surface area (Å²) < 4.78 is 4.66. The van der Waals surface area contributed by atoms with Crippen LogP contribution in [-0.4, -0.2) is 9.13 Å². The molecule has 6 rings (SSSR count). The highest BCUT2D eigenvalue weighted by Gasteiger charge is 2.11. The lowest BCUT2D eigenvalue weighted by atomic mass is 9.95. The van der Waals surface area contributed by atoms with Crippen LogP contribution in [0.3, 0.4) is 0 Å². The molecule has 148 valence electrons. The molecule has 0 saturated heterocycles. The van der Waals surface area contributed by atoms with E-state index in [1.807, 2.05) is 0 Å². The Bertz CT molecular complexity index is 1500. The van der Waals surface area contributed by atoms with Crippen LogP contribution in [0.25, 0.3) is 54.1 Å². The van der Waals surface area contributed by atoms with E-state index in [2.05, 4.69) is 97.7 Å². The maximum absolute atomic E-state index is 2.38. The average Bonchev–Trinajstić information content (AvgIpc) is 3.26. The lowest BCUT2D eigenvalue weighted by molar-refractivity contribution is 0.866. The average molecular weight is 391 g/mol. The fourth-order valence-electron chi connectivity index (χ4n) is 5.33. The molecule has 0 amide bonds. The Kier molecular flexibility index (Phi) is 3.59. The van der Waals surface area contributed by atoms with Crippen LogP contribution in [-0.2, 0) is 26.9 Å². The summed E-state index contributed by atoms with van der Waals surface area (Å²) in [4.78, 5) is 0. The van der Waals surface area contributed by atoms with Crippen LogP contribution in [0.5, 0.6) is 0 Å². The Morgan fingerprint density at radius 2 is 0.933 bits per heavy atom. The SMILES string of the molecule is CCc1cc2cc3c(ccc4c5cc6cc(CC)n(C)c6cc5ccc34)cc2n1C. The number of fused-ring (bicyclic) bond motifs is 7. The molecule has 4 aromatic carbocycles. The van der Waals surface area contributed by atoms with E-state index in [0.29, 0.717) is 0 Å². The first-order chi connectivity index (χ1) is 14.6. The summed E-state index contributed by atoms with van der Waals surface area (Å²) in [7, 11) is 4.36. The van der Waals surface area contributed by atoms with E-state index in [-0.39, 0.29) is 0 Å². The Morgan fingerprint density at radius 1 is 0.500 bits per heavy atom. The zero-order chi connectivity index (χ0) is 20.6. The van der Waals surface area contributed by atoms with Gasteiger partial charge in [0.15, 0.2) is 0 Å². The number of rotatable bonds is 2. The second-order valence-electron chi connectivity index (χ2n) is 8.59. The van der Waals surface area contributed by atoms with Crippen molar-refractivity contribution in [3.05, 3.63) is 72.1 Å². The second-order valence-corrected chi connectivity index (χ2v) is 8.59. The minimum absolute atomic E-state index is 1.06. The van der Waals surface area contributed by atoms with Crippen molar-refractivity contribution < 1.29 is 0 Å². The van der Waals surface area contributed by atoms with Gasteiger partial charge in [0.05, 0.1) is 0 Å². The zero-order valence-corrected chi connectivity index (χ0v) is 18.1. The van der Waals surface area contributed by atoms with Crippen molar-refractivity contribution >= 4 is 54.1 Å². The standard InChI is InChI=1S/C28H26N2/c1-5-21-11-19-13-25-17(15-27(19)29(21)3)7-9-24-23(25)10-8-18-16-28-20(14-26(18)24)12-22(6-2)30(28)4/h7-16H,5-6H2,1-4H3. The molecular formula is C28H26N2. The van der Waals surface area contributed by atoms with Gasteiger partial charge in [0.1, 0.15) is 0 Å². The van der Waals surface area contributed by atoms with Crippen LogP contribution in [0.1, 0.15) is 25.2 Å². The third-order valence-corrected chi connectivity index (χ3v) is 7.08. The highest BCUT2D eigenvalue weighted by molar-refractivity contribution is 6.20. The Balaban J connectivity index is 1.71. The zero-order valence-electron chi connectivity index (χ0n) is 18.1. The largest absolute Gasteiger partial charge is 0.348 e. The van der Waals surface area contributed by atoms with Crippen LogP contribution >= 0.6 is 0 Å². The first-order valence-corrected chi connectivity index (χ1v) is 10.9. The summed E-state index contributed by atoms with van der Waals surface area (Å²) >= 11 is 0. The van der Waals surface area contributed by atoms with E-state index >= 15 is 0 Å². The number of hydrogen-bond acceptors (Lipinski definition) is 0. The van der Waals surface area contributed by atoms with Gasteiger partial charge in [-0.2, -0.15) is 0 Å². The molecule has 0 aliphatic heterocycles. The molecule has 0 N–H and O–H groups in total. The van der Waals surface area contributed by atoms with Crippen molar-refractivity contribution in [2.45, 2.75) is 26.7 Å². The van der Waals surface area contributed by atoms with Gasteiger partial charge in [0.2, 0.25) is 0 Å². The molecule has 0 atom stereocenters. The van der Waals surface area contributed by atoms with Gasteiger partial charge in [-0.15, -0.1) is 0 Å². The summed E-state index contributed by atoms with van der Waals surface area (Å²) in [6, 6.07) is 23.4. The number of nitrogens with zero attached hydrogens (tertiary/aromatic N) is 2. The fourth-order valence-corrected chi connectivity index (χ4v) is 5.33. The van der Waals surface area contributed by atoms with Gasteiger partial charge in [-0.3, -0.25) is 0 Å². The Hall–Kier alpha value is -3.26. The van der Waals surface area contributed by atoms with E-state index in [1.165, 1.54) is 65.5 Å². The molecule has 0 fully saturated rings. The van der Waals surface area contributed by atoms with Crippen molar-refractivity contribution in [2.24, 2.45) is 14.1 Å². The predicted octanol–water partition coefficient (Wildman–Crippen LogP) is 7.25. The van der Waals surface area contributed by atoms with Gasteiger partial charge < -0.3 is 9.13 Å². The topological polar surface area (TPSA) is 9.86 Å². The minimum atomic E-state index is 1.06. The van der Waals surface area contributed by atoms with Crippen molar-refractivity contribution in [2.75, 3.05) is 0 Å². The molecule has 0 spiro atoms. The first kappa shape index (κ1) is 17.6. The third kappa shape index (κ3) is 2.25. The molecule has 2 nitrogen and oxygen atoms in total. The maximum Gasteiger partial charge on any atom is 0.0486 e. The second kappa shape index (κ2) is 6.12. The number of benzene rings is 4. The maximum atomic E-state index is 2.38. The van der Waals surface area contributed by atoms with Crippen molar-refractivity contribution in [3.63, 3.8) is 0 Å². The number of aromatic nitrogens is 2. The van der Waals surface area contributed by atoms with Crippen LogP contribution in [0.2, 0.25) is 0 Å². The molecule has 6 aromatic rings. The van der Waals surface area contributed by atoms with E-state index in [9.17, 15) is 0 Å². The normalized spacial score (nSPS) is 12.3. The highest BCUT2D eigenvalue weighted by atomic mass is 14.9. The van der Waals surface area contributed by atoms with Gasteiger partial charge >= 0.3 is 0 Å². The highest BCUT2D eigenvalue weighted by Crippen LogP contribution is 2.36. The van der Waals surface area contributed by atoms with Gasteiger partial charge in [-0.1, -0.05) is 38.1 Å². The Labute approximate surface area is 176 Å². The summed E-state index contributed by atoms with van der Waals surface area (Å²) in [6.45, 7) is 4.45.